The number of carbonyl (C=O) groups excluding carboxylic acids is 1. The monoisotopic (exact) mass is 344 g/mol. The van der Waals surface area contributed by atoms with Crippen molar-refractivity contribution in [3.05, 3.63) is 29.6 Å². The summed E-state index contributed by atoms with van der Waals surface area (Å²) in [5.74, 6) is 0. The third-order valence-corrected chi connectivity index (χ3v) is 3.90. The molecule has 1 fully saturated rings. The maximum Gasteiger partial charge on any atom is 0.410 e. The Hall–Kier alpha value is -1.79. The van der Waals surface area contributed by atoms with Crippen LogP contribution < -0.4 is 0 Å². The van der Waals surface area contributed by atoms with E-state index >= 15 is 0 Å². The van der Waals surface area contributed by atoms with Gasteiger partial charge in [0.2, 0.25) is 0 Å². The van der Waals surface area contributed by atoms with Gasteiger partial charge in [0.1, 0.15) is 17.0 Å². The van der Waals surface area contributed by atoms with E-state index in [9.17, 15) is 18.0 Å². The summed E-state index contributed by atoms with van der Waals surface area (Å²) in [6.45, 7) is 5.89. The van der Waals surface area contributed by atoms with Gasteiger partial charge in [0.05, 0.1) is 0 Å². The van der Waals surface area contributed by atoms with E-state index in [0.29, 0.717) is 5.56 Å². The lowest BCUT2D eigenvalue weighted by atomic mass is 9.87. The molecule has 7 heteroatoms. The van der Waals surface area contributed by atoms with Crippen molar-refractivity contribution in [3.8, 4) is 0 Å². The molecule has 0 radical (unpaired) electrons. The summed E-state index contributed by atoms with van der Waals surface area (Å²) in [7, 11) is 0. The number of amides is 1. The quantitative estimate of drug-likeness (QED) is 0.821. The summed E-state index contributed by atoms with van der Waals surface area (Å²) in [6, 6.07) is 2.70. The van der Waals surface area contributed by atoms with Crippen molar-refractivity contribution in [1.29, 1.82) is 0 Å². The minimum atomic E-state index is -2.63. The Morgan fingerprint density at radius 3 is 2.42 bits per heavy atom. The zero-order valence-corrected chi connectivity index (χ0v) is 14.2. The third-order valence-electron chi connectivity index (χ3n) is 3.90. The SMILES string of the molecule is CC(C)(C)OC(=O)N1CCC(F)(Cc2ccc(C(F)F)nc2)CC1. The van der Waals surface area contributed by atoms with Crippen molar-refractivity contribution in [3.63, 3.8) is 0 Å². The zero-order valence-electron chi connectivity index (χ0n) is 14.2. The number of aromatic nitrogens is 1. The number of hydrogen-bond donors (Lipinski definition) is 0. The fourth-order valence-corrected chi connectivity index (χ4v) is 2.63. The Morgan fingerprint density at radius 1 is 1.33 bits per heavy atom. The normalized spacial score (nSPS) is 17.9. The molecule has 0 aliphatic carbocycles. The number of hydrogen-bond acceptors (Lipinski definition) is 3. The van der Waals surface area contributed by atoms with Crippen LogP contribution in [0.25, 0.3) is 0 Å². The largest absolute Gasteiger partial charge is 0.444 e. The van der Waals surface area contributed by atoms with Gasteiger partial charge in [0.25, 0.3) is 6.43 Å². The average molecular weight is 344 g/mol. The number of ether oxygens (including phenoxy) is 1. The second kappa shape index (κ2) is 6.99. The van der Waals surface area contributed by atoms with Gasteiger partial charge in [0.15, 0.2) is 0 Å². The van der Waals surface area contributed by atoms with Crippen molar-refractivity contribution in [2.45, 2.75) is 57.7 Å². The Bertz CT molecular complexity index is 562. The molecule has 0 saturated carbocycles. The van der Waals surface area contributed by atoms with Crippen LogP contribution in [-0.2, 0) is 11.2 Å². The first-order chi connectivity index (χ1) is 11.1. The number of likely N-dealkylation sites (tertiary alicyclic amines) is 1. The lowest BCUT2D eigenvalue weighted by Gasteiger charge is -2.37. The van der Waals surface area contributed by atoms with Crippen LogP contribution in [0.15, 0.2) is 18.3 Å². The van der Waals surface area contributed by atoms with Crippen LogP contribution >= 0.6 is 0 Å². The topological polar surface area (TPSA) is 42.4 Å². The molecule has 1 aliphatic rings. The molecule has 24 heavy (non-hydrogen) atoms. The average Bonchev–Trinajstić information content (AvgIpc) is 2.46. The highest BCUT2D eigenvalue weighted by atomic mass is 19.3. The van der Waals surface area contributed by atoms with E-state index in [0.717, 1.165) is 0 Å². The highest BCUT2D eigenvalue weighted by molar-refractivity contribution is 5.68. The second-order valence-electron chi connectivity index (χ2n) is 7.19. The molecule has 0 unspecified atom stereocenters. The van der Waals surface area contributed by atoms with Crippen molar-refractivity contribution in [2.75, 3.05) is 13.1 Å². The van der Waals surface area contributed by atoms with Gasteiger partial charge in [-0.05, 0) is 45.2 Å². The predicted octanol–water partition coefficient (Wildman–Crippen LogP) is 4.30. The van der Waals surface area contributed by atoms with E-state index in [1.807, 2.05) is 0 Å². The number of nitrogens with zero attached hydrogens (tertiary/aromatic N) is 2. The van der Waals surface area contributed by atoms with Crippen molar-refractivity contribution >= 4 is 6.09 Å². The fraction of sp³-hybridized carbons (Fsp3) is 0.647. The summed E-state index contributed by atoms with van der Waals surface area (Å²) in [5.41, 5.74) is -1.79. The number of halogens is 3. The standard InChI is InChI=1S/C17H23F3N2O2/c1-16(2,3)24-15(23)22-8-6-17(20,7-9-22)10-12-4-5-13(14(18)19)21-11-12/h4-5,11,14H,6-10H2,1-3H3. The third kappa shape index (κ3) is 5.11. The molecular formula is C17H23F3N2O2. The van der Waals surface area contributed by atoms with Gasteiger partial charge in [-0.1, -0.05) is 6.07 Å². The molecule has 2 rings (SSSR count). The number of carbonyl (C=O) groups is 1. The number of rotatable bonds is 3. The number of pyridine rings is 1. The molecular weight excluding hydrogens is 321 g/mol. The van der Waals surface area contributed by atoms with Gasteiger partial charge in [-0.15, -0.1) is 0 Å². The number of piperidine rings is 1. The summed E-state index contributed by atoms with van der Waals surface area (Å²) in [6.07, 6.45) is -1.30. The van der Waals surface area contributed by atoms with Crippen LogP contribution in [0.2, 0.25) is 0 Å². The van der Waals surface area contributed by atoms with Gasteiger partial charge in [-0.2, -0.15) is 0 Å². The lowest BCUT2D eigenvalue weighted by Crippen LogP contribution is -2.47. The second-order valence-corrected chi connectivity index (χ2v) is 7.19. The van der Waals surface area contributed by atoms with E-state index in [-0.39, 0.29) is 38.0 Å². The first kappa shape index (κ1) is 18.5. The van der Waals surface area contributed by atoms with E-state index in [1.54, 1.807) is 20.8 Å². The van der Waals surface area contributed by atoms with Gasteiger partial charge in [-0.3, -0.25) is 4.98 Å². The molecule has 1 aromatic heterocycles. The fourth-order valence-electron chi connectivity index (χ4n) is 2.63. The Morgan fingerprint density at radius 2 is 1.96 bits per heavy atom. The molecule has 1 aliphatic heterocycles. The van der Waals surface area contributed by atoms with Gasteiger partial charge < -0.3 is 9.64 Å². The first-order valence-corrected chi connectivity index (χ1v) is 7.98. The maximum atomic E-state index is 14.9. The van der Waals surface area contributed by atoms with Crippen LogP contribution in [0, 0.1) is 0 Å². The van der Waals surface area contributed by atoms with Crippen LogP contribution in [0.5, 0.6) is 0 Å². The van der Waals surface area contributed by atoms with Crippen LogP contribution in [-0.4, -0.2) is 40.3 Å². The summed E-state index contributed by atoms with van der Waals surface area (Å²) < 4.78 is 45.2. The van der Waals surface area contributed by atoms with Gasteiger partial charge >= 0.3 is 6.09 Å². The van der Waals surface area contributed by atoms with E-state index in [2.05, 4.69) is 4.98 Å². The molecule has 1 aromatic rings. The van der Waals surface area contributed by atoms with Crippen molar-refractivity contribution in [1.82, 2.24) is 9.88 Å². The highest BCUT2D eigenvalue weighted by Gasteiger charge is 2.37. The summed E-state index contributed by atoms with van der Waals surface area (Å²) in [5, 5.41) is 0. The highest BCUT2D eigenvalue weighted by Crippen LogP contribution is 2.31. The molecule has 4 nitrogen and oxygen atoms in total. The molecule has 1 amide bonds. The van der Waals surface area contributed by atoms with Crippen molar-refractivity contribution < 1.29 is 22.7 Å². The minimum Gasteiger partial charge on any atom is -0.444 e. The zero-order chi connectivity index (χ0) is 18.0. The molecule has 134 valence electrons. The van der Waals surface area contributed by atoms with Crippen molar-refractivity contribution in [2.24, 2.45) is 0 Å². The summed E-state index contributed by atoms with van der Waals surface area (Å²) >= 11 is 0. The minimum absolute atomic E-state index is 0.103. The number of alkyl halides is 3. The molecule has 0 N–H and O–H groups in total. The Kier molecular flexibility index (Phi) is 5.40. The Labute approximate surface area is 140 Å². The molecule has 2 heterocycles. The summed E-state index contributed by atoms with van der Waals surface area (Å²) in [4.78, 5) is 17.1. The first-order valence-electron chi connectivity index (χ1n) is 7.98. The Balaban J connectivity index is 1.91. The molecule has 1 saturated heterocycles. The maximum absolute atomic E-state index is 14.9. The van der Waals surface area contributed by atoms with Crippen LogP contribution in [0.3, 0.4) is 0 Å². The molecule has 0 spiro atoms. The van der Waals surface area contributed by atoms with Crippen LogP contribution in [0.4, 0.5) is 18.0 Å². The van der Waals surface area contributed by atoms with E-state index in [4.69, 9.17) is 4.74 Å². The van der Waals surface area contributed by atoms with E-state index < -0.39 is 23.8 Å². The van der Waals surface area contributed by atoms with Gasteiger partial charge in [-0.25, -0.2) is 18.0 Å². The molecule has 0 bridgehead atoms. The molecule has 0 atom stereocenters. The van der Waals surface area contributed by atoms with Crippen LogP contribution in [0.1, 0.15) is 51.3 Å². The molecule has 0 aromatic carbocycles. The smallest absolute Gasteiger partial charge is 0.410 e. The lowest BCUT2D eigenvalue weighted by molar-refractivity contribution is 0.00338. The van der Waals surface area contributed by atoms with Gasteiger partial charge in [0, 0.05) is 25.7 Å². The van der Waals surface area contributed by atoms with E-state index in [1.165, 1.54) is 23.2 Å². The predicted molar refractivity (Wildman–Crippen MR) is 83.8 cm³/mol.